The molecule has 4 N–H and O–H groups in total. The lowest BCUT2D eigenvalue weighted by molar-refractivity contribution is -0.136. The summed E-state index contributed by atoms with van der Waals surface area (Å²) in [6, 6.07) is 13.3. The van der Waals surface area contributed by atoms with Gasteiger partial charge in [-0.25, -0.2) is 0 Å². The standard InChI is InChI=1S/C23H26N4O3/c24-18-5-1-3-15(11-18)4-2-10-25-13-16-6-7-17-14-27(23(30)19(17)12-16)20-8-9-21(28)26-22(20)29/h1,3,5-7,11-12,20,25H,2,4,8-10,13-14,24H2,(H,26,28,29). The topological polar surface area (TPSA) is 105 Å². The maximum Gasteiger partial charge on any atom is 0.255 e. The van der Waals surface area contributed by atoms with Crippen LogP contribution in [-0.4, -0.2) is 35.2 Å². The third-order valence-electron chi connectivity index (χ3n) is 5.69. The molecule has 1 unspecified atom stereocenters. The first kappa shape index (κ1) is 20.1. The maximum atomic E-state index is 12.9. The van der Waals surface area contributed by atoms with Crippen molar-refractivity contribution in [1.29, 1.82) is 0 Å². The SMILES string of the molecule is Nc1cccc(CCCNCc2ccc3c(c2)C(=O)N(C2CCC(=O)NC2=O)C3)c1. The van der Waals surface area contributed by atoms with Crippen molar-refractivity contribution in [2.24, 2.45) is 0 Å². The minimum Gasteiger partial charge on any atom is -0.399 e. The van der Waals surface area contributed by atoms with Gasteiger partial charge < -0.3 is 16.0 Å². The Labute approximate surface area is 175 Å². The van der Waals surface area contributed by atoms with Crippen molar-refractivity contribution in [2.45, 2.75) is 44.8 Å². The fourth-order valence-corrected chi connectivity index (χ4v) is 4.11. The molecule has 7 heteroatoms. The molecule has 0 saturated carbocycles. The van der Waals surface area contributed by atoms with E-state index in [-0.39, 0.29) is 24.1 Å². The van der Waals surface area contributed by atoms with Crippen LogP contribution in [0.25, 0.3) is 0 Å². The first-order valence-electron chi connectivity index (χ1n) is 10.3. The Morgan fingerprint density at radius 1 is 1.10 bits per heavy atom. The molecule has 3 amide bonds. The Bertz CT molecular complexity index is 988. The zero-order valence-electron chi connectivity index (χ0n) is 16.8. The monoisotopic (exact) mass is 406 g/mol. The molecule has 0 spiro atoms. The number of piperidine rings is 1. The average molecular weight is 406 g/mol. The molecule has 2 aliphatic heterocycles. The third kappa shape index (κ3) is 4.36. The molecule has 1 atom stereocenters. The van der Waals surface area contributed by atoms with Crippen molar-refractivity contribution in [3.63, 3.8) is 0 Å². The van der Waals surface area contributed by atoms with Crippen molar-refractivity contribution in [2.75, 3.05) is 12.3 Å². The number of benzene rings is 2. The van der Waals surface area contributed by atoms with Crippen LogP contribution in [0, 0.1) is 0 Å². The first-order valence-corrected chi connectivity index (χ1v) is 10.3. The third-order valence-corrected chi connectivity index (χ3v) is 5.69. The van der Waals surface area contributed by atoms with Gasteiger partial charge in [-0.2, -0.15) is 0 Å². The molecule has 0 radical (unpaired) electrons. The molecule has 0 aliphatic carbocycles. The van der Waals surface area contributed by atoms with Gasteiger partial charge in [0, 0.05) is 30.8 Å². The number of nitrogen functional groups attached to an aromatic ring is 1. The second kappa shape index (κ2) is 8.67. The van der Waals surface area contributed by atoms with E-state index in [2.05, 4.69) is 16.7 Å². The summed E-state index contributed by atoms with van der Waals surface area (Å²) >= 11 is 0. The summed E-state index contributed by atoms with van der Waals surface area (Å²) in [5.74, 6) is -0.790. The summed E-state index contributed by atoms with van der Waals surface area (Å²) in [6.07, 6.45) is 2.60. The molecule has 2 aromatic rings. The van der Waals surface area contributed by atoms with E-state index < -0.39 is 6.04 Å². The molecule has 1 saturated heterocycles. The van der Waals surface area contributed by atoms with E-state index in [4.69, 9.17) is 5.73 Å². The fraction of sp³-hybridized carbons (Fsp3) is 0.348. The van der Waals surface area contributed by atoms with Crippen molar-refractivity contribution in [3.05, 3.63) is 64.7 Å². The van der Waals surface area contributed by atoms with Crippen LogP contribution in [0.4, 0.5) is 5.69 Å². The lowest BCUT2D eigenvalue weighted by atomic mass is 10.0. The van der Waals surface area contributed by atoms with Crippen molar-refractivity contribution < 1.29 is 14.4 Å². The molecule has 7 nitrogen and oxygen atoms in total. The summed E-state index contributed by atoms with van der Waals surface area (Å²) in [7, 11) is 0. The molecule has 156 valence electrons. The second-order valence-corrected chi connectivity index (χ2v) is 7.92. The Morgan fingerprint density at radius 2 is 1.97 bits per heavy atom. The van der Waals surface area contributed by atoms with Gasteiger partial charge in [0.2, 0.25) is 11.8 Å². The average Bonchev–Trinajstić information content (AvgIpc) is 3.04. The predicted octanol–water partition coefficient (Wildman–Crippen LogP) is 1.75. The van der Waals surface area contributed by atoms with Gasteiger partial charge in [-0.05, 0) is 60.7 Å². The zero-order chi connectivity index (χ0) is 21.1. The number of anilines is 1. The van der Waals surface area contributed by atoms with Gasteiger partial charge in [-0.15, -0.1) is 0 Å². The van der Waals surface area contributed by atoms with E-state index >= 15 is 0 Å². The maximum absolute atomic E-state index is 12.9. The van der Waals surface area contributed by atoms with E-state index in [0.717, 1.165) is 36.2 Å². The number of hydrogen-bond donors (Lipinski definition) is 3. The number of nitrogens with one attached hydrogen (secondary N) is 2. The number of carbonyl (C=O) groups is 3. The van der Waals surface area contributed by atoms with E-state index in [9.17, 15) is 14.4 Å². The van der Waals surface area contributed by atoms with Crippen molar-refractivity contribution in [1.82, 2.24) is 15.5 Å². The molecule has 0 aromatic heterocycles. The number of rotatable bonds is 7. The lowest BCUT2D eigenvalue weighted by Gasteiger charge is -2.29. The second-order valence-electron chi connectivity index (χ2n) is 7.92. The Balaban J connectivity index is 1.30. The Morgan fingerprint density at radius 3 is 2.77 bits per heavy atom. The number of imide groups is 1. The minimum atomic E-state index is -0.573. The summed E-state index contributed by atoms with van der Waals surface area (Å²) < 4.78 is 0. The number of aryl methyl sites for hydroxylation is 1. The molecular formula is C23H26N4O3. The van der Waals surface area contributed by atoms with Crippen LogP contribution in [0.15, 0.2) is 42.5 Å². The number of nitrogens with zero attached hydrogens (tertiary/aromatic N) is 1. The van der Waals surface area contributed by atoms with Crippen molar-refractivity contribution in [3.8, 4) is 0 Å². The molecule has 0 bridgehead atoms. The van der Waals surface area contributed by atoms with Crippen LogP contribution in [0.3, 0.4) is 0 Å². The number of nitrogens with two attached hydrogens (primary N) is 1. The number of carbonyl (C=O) groups excluding carboxylic acids is 3. The molecule has 1 fully saturated rings. The molecule has 4 rings (SSSR count). The zero-order valence-corrected chi connectivity index (χ0v) is 16.8. The van der Waals surface area contributed by atoms with E-state index in [1.54, 1.807) is 4.90 Å². The highest BCUT2D eigenvalue weighted by Gasteiger charge is 2.38. The number of hydrogen-bond acceptors (Lipinski definition) is 5. The molecule has 2 aromatic carbocycles. The van der Waals surface area contributed by atoms with Crippen LogP contribution >= 0.6 is 0 Å². The summed E-state index contributed by atoms with van der Waals surface area (Å²) in [5.41, 5.74) is 10.4. The largest absolute Gasteiger partial charge is 0.399 e. The smallest absolute Gasteiger partial charge is 0.255 e. The van der Waals surface area contributed by atoms with Gasteiger partial charge in [0.05, 0.1) is 0 Å². The van der Waals surface area contributed by atoms with Gasteiger partial charge in [-0.3, -0.25) is 19.7 Å². The summed E-state index contributed by atoms with van der Waals surface area (Å²) in [6.45, 7) is 1.95. The number of amides is 3. The number of fused-ring (bicyclic) bond motifs is 1. The Hall–Kier alpha value is -3.19. The van der Waals surface area contributed by atoms with E-state index in [1.165, 1.54) is 5.56 Å². The van der Waals surface area contributed by atoms with Crippen LogP contribution in [-0.2, 0) is 29.1 Å². The fourth-order valence-electron chi connectivity index (χ4n) is 4.11. The molecule has 2 heterocycles. The predicted molar refractivity (Wildman–Crippen MR) is 113 cm³/mol. The van der Waals surface area contributed by atoms with Gasteiger partial charge in [-0.1, -0.05) is 24.3 Å². The van der Waals surface area contributed by atoms with Crippen LogP contribution in [0.1, 0.15) is 46.3 Å². The normalized spacial score (nSPS) is 18.5. The summed E-state index contributed by atoms with van der Waals surface area (Å²) in [4.78, 5) is 38.0. The van der Waals surface area contributed by atoms with E-state index in [1.807, 2.05) is 36.4 Å². The van der Waals surface area contributed by atoms with Crippen molar-refractivity contribution >= 4 is 23.4 Å². The van der Waals surface area contributed by atoms with Crippen LogP contribution in [0.5, 0.6) is 0 Å². The Kier molecular flexibility index (Phi) is 5.81. The molecule has 2 aliphatic rings. The highest BCUT2D eigenvalue weighted by molar-refractivity contribution is 6.05. The van der Waals surface area contributed by atoms with Gasteiger partial charge in [0.15, 0.2) is 0 Å². The highest BCUT2D eigenvalue weighted by atomic mass is 16.2. The quantitative estimate of drug-likeness (QED) is 0.369. The van der Waals surface area contributed by atoms with Gasteiger partial charge in [0.1, 0.15) is 6.04 Å². The van der Waals surface area contributed by atoms with Crippen LogP contribution in [0.2, 0.25) is 0 Å². The minimum absolute atomic E-state index is 0.136. The van der Waals surface area contributed by atoms with Gasteiger partial charge in [0.25, 0.3) is 5.91 Å². The van der Waals surface area contributed by atoms with E-state index in [0.29, 0.717) is 25.1 Å². The molecule has 30 heavy (non-hydrogen) atoms. The summed E-state index contributed by atoms with van der Waals surface area (Å²) in [5, 5.41) is 5.75. The van der Waals surface area contributed by atoms with Crippen LogP contribution < -0.4 is 16.4 Å². The molecular weight excluding hydrogens is 380 g/mol. The highest BCUT2D eigenvalue weighted by Crippen LogP contribution is 2.28. The van der Waals surface area contributed by atoms with Gasteiger partial charge >= 0.3 is 0 Å². The lowest BCUT2D eigenvalue weighted by Crippen LogP contribution is -2.52. The first-order chi connectivity index (χ1) is 14.5.